The minimum atomic E-state index is -0.323. The molecule has 0 fully saturated rings. The highest BCUT2D eigenvalue weighted by Gasteiger charge is 2.35. The van der Waals surface area contributed by atoms with Crippen LogP contribution < -0.4 is 5.32 Å². The molecule has 7 heteroatoms. The highest BCUT2D eigenvalue weighted by atomic mass is 16.2. The number of hydrogen-bond acceptors (Lipinski definition) is 4. The number of aryl methyl sites for hydroxylation is 1. The third-order valence-corrected chi connectivity index (χ3v) is 4.12. The van der Waals surface area contributed by atoms with Crippen molar-refractivity contribution in [3.63, 3.8) is 0 Å². The summed E-state index contributed by atoms with van der Waals surface area (Å²) < 4.78 is 1.94. The molecule has 2 aromatic rings. The fourth-order valence-electron chi connectivity index (χ4n) is 2.84. The first-order valence-electron chi connectivity index (χ1n) is 8.36. The third kappa shape index (κ3) is 3.45. The van der Waals surface area contributed by atoms with Gasteiger partial charge in [0, 0.05) is 37.6 Å². The fraction of sp³-hybridized carbons (Fsp3) is 0.333. The lowest BCUT2D eigenvalue weighted by Gasteiger charge is -2.11. The van der Waals surface area contributed by atoms with E-state index in [1.807, 2.05) is 17.7 Å². The molecule has 7 nitrogen and oxygen atoms in total. The molecule has 1 aliphatic rings. The molecule has 0 saturated carbocycles. The molecule has 1 aromatic heterocycles. The number of aromatic nitrogens is 2. The van der Waals surface area contributed by atoms with Gasteiger partial charge < -0.3 is 9.88 Å². The van der Waals surface area contributed by atoms with Crippen molar-refractivity contribution in [1.29, 1.82) is 0 Å². The van der Waals surface area contributed by atoms with Crippen LogP contribution in [0.3, 0.4) is 0 Å². The van der Waals surface area contributed by atoms with Gasteiger partial charge in [-0.05, 0) is 31.0 Å². The Hall–Kier alpha value is -2.96. The highest BCUT2D eigenvalue weighted by molar-refractivity contribution is 6.22. The molecule has 1 aliphatic heterocycles. The monoisotopic (exact) mass is 340 g/mol. The van der Waals surface area contributed by atoms with Crippen LogP contribution in [0.15, 0.2) is 36.9 Å². The van der Waals surface area contributed by atoms with Crippen molar-refractivity contribution < 1.29 is 14.4 Å². The summed E-state index contributed by atoms with van der Waals surface area (Å²) in [6.07, 6.45) is 6.79. The molecule has 0 spiro atoms. The Balaban J connectivity index is 1.61. The Morgan fingerprint density at radius 2 is 1.96 bits per heavy atom. The van der Waals surface area contributed by atoms with Gasteiger partial charge in [0.05, 0.1) is 17.5 Å². The van der Waals surface area contributed by atoms with Crippen molar-refractivity contribution in [3.05, 3.63) is 53.6 Å². The van der Waals surface area contributed by atoms with Crippen molar-refractivity contribution in [2.45, 2.75) is 26.3 Å². The Morgan fingerprint density at radius 1 is 1.16 bits per heavy atom. The van der Waals surface area contributed by atoms with E-state index in [2.05, 4.69) is 10.3 Å². The Labute approximate surface area is 145 Å². The maximum absolute atomic E-state index is 12.3. The lowest BCUT2D eigenvalue weighted by Crippen LogP contribution is -2.30. The lowest BCUT2D eigenvalue weighted by molar-refractivity contribution is 0.0654. The van der Waals surface area contributed by atoms with Crippen LogP contribution in [0.2, 0.25) is 0 Å². The second-order valence-electron chi connectivity index (χ2n) is 5.93. The number of imidazole rings is 1. The van der Waals surface area contributed by atoms with Crippen LogP contribution in [0.25, 0.3) is 0 Å². The number of carbonyl (C=O) groups is 3. The Morgan fingerprint density at radius 3 is 2.68 bits per heavy atom. The van der Waals surface area contributed by atoms with E-state index in [4.69, 9.17) is 0 Å². The van der Waals surface area contributed by atoms with E-state index in [1.165, 1.54) is 11.0 Å². The molecule has 0 atom stereocenters. The maximum atomic E-state index is 12.3. The van der Waals surface area contributed by atoms with E-state index in [-0.39, 0.29) is 17.7 Å². The minimum absolute atomic E-state index is 0.248. The van der Waals surface area contributed by atoms with Gasteiger partial charge in [-0.1, -0.05) is 6.92 Å². The van der Waals surface area contributed by atoms with Gasteiger partial charge in [-0.25, -0.2) is 4.98 Å². The zero-order valence-electron chi connectivity index (χ0n) is 14.1. The molecule has 0 aliphatic carbocycles. The first-order chi connectivity index (χ1) is 12.1. The van der Waals surface area contributed by atoms with E-state index < -0.39 is 0 Å². The molecule has 0 bridgehead atoms. The van der Waals surface area contributed by atoms with Gasteiger partial charge in [0.1, 0.15) is 0 Å². The summed E-state index contributed by atoms with van der Waals surface area (Å²) in [6.45, 7) is 3.58. The van der Waals surface area contributed by atoms with E-state index in [1.54, 1.807) is 24.7 Å². The summed E-state index contributed by atoms with van der Waals surface area (Å²) in [5.41, 5.74) is 1.07. The molecule has 2 heterocycles. The molecule has 3 rings (SSSR count). The number of nitrogens with one attached hydrogen (secondary N) is 1. The smallest absolute Gasteiger partial charge is 0.261 e. The predicted molar refractivity (Wildman–Crippen MR) is 91.3 cm³/mol. The minimum Gasteiger partial charge on any atom is -0.352 e. The summed E-state index contributed by atoms with van der Waals surface area (Å²) >= 11 is 0. The summed E-state index contributed by atoms with van der Waals surface area (Å²) in [4.78, 5) is 42.0. The van der Waals surface area contributed by atoms with Crippen LogP contribution in [0.4, 0.5) is 0 Å². The van der Waals surface area contributed by atoms with E-state index in [9.17, 15) is 14.4 Å². The molecule has 1 aromatic carbocycles. The number of benzene rings is 1. The van der Waals surface area contributed by atoms with Crippen molar-refractivity contribution in [3.8, 4) is 0 Å². The number of carbonyl (C=O) groups excluding carboxylic acids is 3. The summed E-state index contributed by atoms with van der Waals surface area (Å²) in [7, 11) is 0. The number of hydrogen-bond donors (Lipinski definition) is 1. The molecule has 130 valence electrons. The van der Waals surface area contributed by atoms with E-state index in [0.717, 1.165) is 13.0 Å². The fourth-order valence-corrected chi connectivity index (χ4v) is 2.84. The molecule has 0 saturated heterocycles. The van der Waals surface area contributed by atoms with Crippen LogP contribution in [-0.4, -0.2) is 45.3 Å². The molecule has 3 amide bonds. The quantitative estimate of drug-likeness (QED) is 0.614. The summed E-state index contributed by atoms with van der Waals surface area (Å²) in [5.74, 6) is -0.853. The average Bonchev–Trinajstić information content (AvgIpc) is 3.22. The van der Waals surface area contributed by atoms with Crippen LogP contribution in [0.1, 0.15) is 50.8 Å². The Kier molecular flexibility index (Phi) is 4.92. The van der Waals surface area contributed by atoms with Gasteiger partial charge in [-0.3, -0.25) is 19.3 Å². The zero-order chi connectivity index (χ0) is 17.8. The topological polar surface area (TPSA) is 84.3 Å². The maximum Gasteiger partial charge on any atom is 0.261 e. The van der Waals surface area contributed by atoms with Crippen LogP contribution in [0.5, 0.6) is 0 Å². The van der Waals surface area contributed by atoms with Crippen LogP contribution in [0, 0.1) is 0 Å². The molecular formula is C18H20N4O3. The van der Waals surface area contributed by atoms with Gasteiger partial charge in [-0.15, -0.1) is 0 Å². The standard InChI is InChI=1S/C18H20N4O3/c1-2-8-22-17(24)14-5-4-13(11-15(14)18(22)25)16(23)20-6-3-9-21-10-7-19-12-21/h4-5,7,10-12H,2-3,6,8-9H2,1H3,(H,20,23). The number of rotatable bonds is 7. The second-order valence-corrected chi connectivity index (χ2v) is 5.93. The largest absolute Gasteiger partial charge is 0.352 e. The van der Waals surface area contributed by atoms with Gasteiger partial charge in [0.15, 0.2) is 0 Å². The summed E-state index contributed by atoms with van der Waals surface area (Å²) in [5, 5.41) is 2.83. The van der Waals surface area contributed by atoms with Gasteiger partial charge >= 0.3 is 0 Å². The first-order valence-corrected chi connectivity index (χ1v) is 8.36. The van der Waals surface area contributed by atoms with Crippen molar-refractivity contribution in [2.24, 2.45) is 0 Å². The average molecular weight is 340 g/mol. The molecule has 25 heavy (non-hydrogen) atoms. The number of amides is 3. The van der Waals surface area contributed by atoms with Crippen LogP contribution in [-0.2, 0) is 6.54 Å². The molecular weight excluding hydrogens is 320 g/mol. The molecule has 0 radical (unpaired) electrons. The first kappa shape index (κ1) is 16.9. The number of imide groups is 1. The van der Waals surface area contributed by atoms with Crippen molar-refractivity contribution in [2.75, 3.05) is 13.1 Å². The number of fused-ring (bicyclic) bond motifs is 1. The van der Waals surface area contributed by atoms with Gasteiger partial charge in [-0.2, -0.15) is 0 Å². The number of nitrogens with zero attached hydrogens (tertiary/aromatic N) is 3. The SMILES string of the molecule is CCCN1C(=O)c2ccc(C(=O)NCCCn3ccnc3)cc2C1=O. The summed E-state index contributed by atoms with van der Waals surface area (Å²) in [6, 6.07) is 4.66. The van der Waals surface area contributed by atoms with Crippen LogP contribution >= 0.6 is 0 Å². The lowest BCUT2D eigenvalue weighted by atomic mass is 10.1. The molecule has 1 N–H and O–H groups in total. The zero-order valence-corrected chi connectivity index (χ0v) is 14.1. The van der Waals surface area contributed by atoms with Crippen molar-refractivity contribution >= 4 is 17.7 Å². The van der Waals surface area contributed by atoms with Gasteiger partial charge in [0.2, 0.25) is 0 Å². The predicted octanol–water partition coefficient (Wildman–Crippen LogP) is 1.71. The van der Waals surface area contributed by atoms with E-state index >= 15 is 0 Å². The second kappa shape index (κ2) is 7.29. The molecule has 0 unspecified atom stereocenters. The Bertz CT molecular complexity index is 799. The van der Waals surface area contributed by atoms with Crippen molar-refractivity contribution in [1.82, 2.24) is 19.8 Å². The normalized spacial score (nSPS) is 13.2. The highest BCUT2D eigenvalue weighted by Crippen LogP contribution is 2.24. The van der Waals surface area contributed by atoms with Gasteiger partial charge in [0.25, 0.3) is 17.7 Å². The van der Waals surface area contributed by atoms with E-state index in [0.29, 0.717) is 36.2 Å². The third-order valence-electron chi connectivity index (χ3n) is 4.12.